The lowest BCUT2D eigenvalue weighted by Crippen LogP contribution is -2.15. The molecule has 0 saturated heterocycles. The highest BCUT2D eigenvalue weighted by molar-refractivity contribution is 7.27. The topological polar surface area (TPSA) is 42.8 Å². The van der Waals surface area contributed by atoms with E-state index < -0.39 is 0 Å². The Bertz CT molecular complexity index is 2440. The highest BCUT2D eigenvalue weighted by Crippen LogP contribution is 2.47. The molecule has 4 nitrogen and oxygen atoms in total. The van der Waals surface area contributed by atoms with Gasteiger partial charge in [0.1, 0.15) is 0 Å². The van der Waals surface area contributed by atoms with E-state index in [1.54, 1.807) is 0 Å². The van der Waals surface area contributed by atoms with E-state index >= 15 is 0 Å². The largest absolute Gasteiger partial charge is 0.471 e. The second kappa shape index (κ2) is 9.65. The Labute approximate surface area is 251 Å². The molecule has 0 fully saturated rings. The molecule has 5 heteroatoms. The first-order chi connectivity index (χ1) is 21.3. The van der Waals surface area contributed by atoms with Gasteiger partial charge >= 0.3 is 0 Å². The number of aliphatic imine (C=N–C) groups is 2. The second-order valence-electron chi connectivity index (χ2n) is 10.9. The Morgan fingerprint density at radius 1 is 0.628 bits per heavy atom. The normalized spacial score (nSPS) is 17.9. The van der Waals surface area contributed by atoms with Crippen molar-refractivity contribution in [1.82, 2.24) is 4.57 Å². The molecule has 0 unspecified atom stereocenters. The highest BCUT2D eigenvalue weighted by Gasteiger charge is 2.24. The summed E-state index contributed by atoms with van der Waals surface area (Å²) in [5, 5.41) is 7.04. The zero-order valence-corrected chi connectivity index (χ0v) is 24.0. The molecule has 1 aliphatic rings. The number of furan rings is 1. The summed E-state index contributed by atoms with van der Waals surface area (Å²) in [4.78, 5) is 10.8. The predicted octanol–water partition coefficient (Wildman–Crippen LogP) is 10.4. The molecule has 3 aromatic heterocycles. The fraction of sp³-hybridized carbons (Fsp3) is 0.0526. The molecule has 0 spiro atoms. The minimum Gasteiger partial charge on any atom is -0.471 e. The molecule has 0 saturated carbocycles. The van der Waals surface area contributed by atoms with E-state index in [0.717, 1.165) is 62.6 Å². The zero-order chi connectivity index (χ0) is 28.3. The number of nitrogens with zero attached hydrogens (tertiary/aromatic N) is 3. The van der Waals surface area contributed by atoms with Crippen LogP contribution in [-0.4, -0.2) is 16.2 Å². The van der Waals surface area contributed by atoms with Crippen LogP contribution < -0.4 is 0 Å². The van der Waals surface area contributed by atoms with Crippen LogP contribution in [0, 0.1) is 0 Å². The van der Waals surface area contributed by atoms with E-state index in [0.29, 0.717) is 5.96 Å². The summed E-state index contributed by atoms with van der Waals surface area (Å²) >= 11 is 1.83. The van der Waals surface area contributed by atoms with E-state index in [-0.39, 0.29) is 0 Å². The fourth-order valence-electron chi connectivity index (χ4n) is 6.53. The Hall–Kier alpha value is -5.26. The van der Waals surface area contributed by atoms with Gasteiger partial charge in [0.05, 0.1) is 39.7 Å². The number of hydrogen-bond acceptors (Lipinski definition) is 4. The number of thiophene rings is 1. The Kier molecular flexibility index (Phi) is 5.46. The maximum absolute atomic E-state index is 5.92. The smallest absolute Gasteiger partial charge is 0.235 e. The molecule has 1 aliphatic heterocycles. The van der Waals surface area contributed by atoms with Crippen molar-refractivity contribution >= 4 is 81.5 Å². The molecule has 43 heavy (non-hydrogen) atoms. The van der Waals surface area contributed by atoms with Crippen LogP contribution in [0.3, 0.4) is 0 Å². The van der Waals surface area contributed by atoms with Crippen LogP contribution in [0.1, 0.15) is 24.0 Å². The van der Waals surface area contributed by atoms with Gasteiger partial charge in [0.25, 0.3) is 0 Å². The molecular formula is C38H25N3OS. The number of hydrogen-bond donors (Lipinski definition) is 0. The summed E-state index contributed by atoms with van der Waals surface area (Å²) in [7, 11) is 0. The van der Waals surface area contributed by atoms with Crippen molar-refractivity contribution in [2.75, 3.05) is 0 Å². The summed E-state index contributed by atoms with van der Waals surface area (Å²) in [5.74, 6) is 0.668. The lowest BCUT2D eigenvalue weighted by Gasteiger charge is -2.15. The lowest BCUT2D eigenvalue weighted by molar-refractivity contribution is 0.573. The summed E-state index contributed by atoms with van der Waals surface area (Å²) in [6.07, 6.45) is 7.73. The molecule has 9 rings (SSSR count). The Balaban J connectivity index is 1.46. The molecule has 0 radical (unpaired) electrons. The van der Waals surface area contributed by atoms with E-state index in [9.17, 15) is 0 Å². The molecule has 0 bridgehead atoms. The van der Waals surface area contributed by atoms with Gasteiger partial charge < -0.3 is 4.42 Å². The number of aromatic nitrogens is 1. The third kappa shape index (κ3) is 3.75. The third-order valence-corrected chi connectivity index (χ3v) is 9.61. The summed E-state index contributed by atoms with van der Waals surface area (Å²) < 4.78 is 10.7. The first-order valence-electron chi connectivity index (χ1n) is 14.5. The molecule has 0 aliphatic carbocycles. The van der Waals surface area contributed by atoms with Crippen LogP contribution >= 0.6 is 11.3 Å². The van der Waals surface area contributed by atoms with E-state index in [2.05, 4.69) is 114 Å². The molecule has 0 amide bonds. The van der Waals surface area contributed by atoms with E-state index in [4.69, 9.17) is 14.4 Å². The SMILES string of the molecule is C1=C(c2ccccc2)/N=C(n2c3ccccc3c3c4cocc4c4c5ccccc5sc4c32)\N=C(\c2ccccc2)CC\1. The Morgan fingerprint density at radius 2 is 1.30 bits per heavy atom. The van der Waals surface area contributed by atoms with Gasteiger partial charge in [-0.2, -0.15) is 0 Å². The summed E-state index contributed by atoms with van der Waals surface area (Å²) in [5.41, 5.74) is 6.38. The minimum absolute atomic E-state index is 0.668. The number of fused-ring (bicyclic) bond motifs is 10. The first kappa shape index (κ1) is 24.3. The van der Waals surface area contributed by atoms with Crippen molar-refractivity contribution < 1.29 is 4.42 Å². The van der Waals surface area contributed by atoms with Crippen molar-refractivity contribution in [2.24, 2.45) is 9.98 Å². The minimum atomic E-state index is 0.668. The molecule has 5 aromatic carbocycles. The Morgan fingerprint density at radius 3 is 2.12 bits per heavy atom. The number of allylic oxidation sites excluding steroid dienone is 1. The average molecular weight is 572 g/mol. The molecule has 0 N–H and O–H groups in total. The summed E-state index contributed by atoms with van der Waals surface area (Å²) in [6, 6.07) is 38.2. The second-order valence-corrected chi connectivity index (χ2v) is 12.0. The van der Waals surface area contributed by atoms with Crippen LogP contribution in [0.25, 0.3) is 58.4 Å². The van der Waals surface area contributed by atoms with Crippen molar-refractivity contribution in [2.45, 2.75) is 12.8 Å². The van der Waals surface area contributed by atoms with E-state index in [1.807, 2.05) is 29.9 Å². The van der Waals surface area contributed by atoms with Crippen LogP contribution in [0.2, 0.25) is 0 Å². The predicted molar refractivity (Wildman–Crippen MR) is 182 cm³/mol. The lowest BCUT2D eigenvalue weighted by atomic mass is 10.0. The van der Waals surface area contributed by atoms with Crippen LogP contribution in [0.15, 0.2) is 142 Å². The van der Waals surface area contributed by atoms with Gasteiger partial charge in [-0.15, -0.1) is 11.3 Å². The quantitative estimate of drug-likeness (QED) is 0.203. The highest BCUT2D eigenvalue weighted by atomic mass is 32.1. The van der Waals surface area contributed by atoms with Gasteiger partial charge in [-0.05, 0) is 36.1 Å². The molecule has 4 heterocycles. The monoisotopic (exact) mass is 571 g/mol. The summed E-state index contributed by atoms with van der Waals surface area (Å²) in [6.45, 7) is 0. The zero-order valence-electron chi connectivity index (χ0n) is 23.2. The molecule has 0 atom stereocenters. The van der Waals surface area contributed by atoms with Crippen molar-refractivity contribution in [3.8, 4) is 0 Å². The van der Waals surface area contributed by atoms with Gasteiger partial charge in [-0.25, -0.2) is 9.98 Å². The van der Waals surface area contributed by atoms with Gasteiger partial charge in [-0.3, -0.25) is 4.57 Å². The van der Waals surface area contributed by atoms with E-state index in [1.165, 1.54) is 25.6 Å². The first-order valence-corrected chi connectivity index (χ1v) is 15.4. The van der Waals surface area contributed by atoms with Gasteiger partial charge in [0.2, 0.25) is 5.96 Å². The fourth-order valence-corrected chi connectivity index (χ4v) is 7.79. The van der Waals surface area contributed by atoms with Crippen molar-refractivity contribution in [3.05, 3.63) is 139 Å². The maximum Gasteiger partial charge on any atom is 0.235 e. The number of rotatable bonds is 2. The standard InChI is InChI=1S/C38H25N3OS/c1-3-12-24(13-4-1)30-18-11-19-31(25-14-5-2-6-15-25)40-38(39-30)41-32-20-9-7-16-26(32)34-28-22-42-23-29(28)35-27-17-8-10-21-33(27)43-37(35)36(34)41/h1-10,12-18,20-23H,11,19H2/b30-18-,39-38+,40-31+. The number of benzene rings is 5. The number of para-hydroxylation sites is 1. The molecule has 8 aromatic rings. The van der Waals surface area contributed by atoms with Gasteiger partial charge in [-0.1, -0.05) is 103 Å². The average Bonchev–Trinajstić information content (AvgIpc) is 3.76. The van der Waals surface area contributed by atoms with Crippen LogP contribution in [0.4, 0.5) is 0 Å². The third-order valence-electron chi connectivity index (χ3n) is 8.44. The molecule has 204 valence electrons. The van der Waals surface area contributed by atoms with Crippen LogP contribution in [0.5, 0.6) is 0 Å². The van der Waals surface area contributed by atoms with Crippen LogP contribution in [-0.2, 0) is 0 Å². The van der Waals surface area contributed by atoms with Gasteiger partial charge in [0, 0.05) is 37.0 Å². The maximum atomic E-state index is 5.92. The van der Waals surface area contributed by atoms with Crippen molar-refractivity contribution in [1.29, 1.82) is 0 Å². The molecular weight excluding hydrogens is 547 g/mol. The van der Waals surface area contributed by atoms with Crippen molar-refractivity contribution in [3.63, 3.8) is 0 Å². The van der Waals surface area contributed by atoms with Gasteiger partial charge in [0.15, 0.2) is 0 Å².